The molecule has 0 fully saturated rings. The molecule has 0 saturated carbocycles. The van der Waals surface area contributed by atoms with Crippen molar-refractivity contribution in [3.63, 3.8) is 0 Å². The van der Waals surface area contributed by atoms with Gasteiger partial charge in [0.15, 0.2) is 0 Å². The van der Waals surface area contributed by atoms with E-state index in [9.17, 15) is 0 Å². The predicted octanol–water partition coefficient (Wildman–Crippen LogP) is 4.99. The molecule has 0 aliphatic carbocycles. The first-order valence-corrected chi connectivity index (χ1v) is 4.55. The lowest BCUT2D eigenvalue weighted by Gasteiger charge is -1.75. The highest BCUT2D eigenvalue weighted by molar-refractivity contribution is 5.09. The quantitative estimate of drug-likeness (QED) is 0.384. The van der Waals surface area contributed by atoms with E-state index in [4.69, 9.17) is 0 Å². The van der Waals surface area contributed by atoms with Crippen molar-refractivity contribution in [1.29, 1.82) is 0 Å². The molecule has 0 aromatic heterocycles. The minimum atomic E-state index is 1.11. The first-order valence-electron chi connectivity index (χ1n) is 4.55. The topological polar surface area (TPSA) is 0 Å². The molecule has 0 rings (SSSR count). The lowest BCUT2D eigenvalue weighted by Crippen LogP contribution is -1.54. The van der Waals surface area contributed by atoms with E-state index in [1.54, 1.807) is 0 Å². The number of hydrogen-bond donors (Lipinski definition) is 0. The van der Waals surface area contributed by atoms with Crippen molar-refractivity contribution in [3.8, 4) is 0 Å². The lowest BCUT2D eigenvalue weighted by atomic mass is 10.3. The van der Waals surface area contributed by atoms with Gasteiger partial charge in [-0.05, 0) is 13.8 Å². The number of rotatable bonds is 1. The predicted molar refractivity (Wildman–Crippen MR) is 63.6 cm³/mol. The van der Waals surface area contributed by atoms with Crippen molar-refractivity contribution in [2.45, 2.75) is 41.5 Å². The summed E-state index contributed by atoms with van der Waals surface area (Å²) >= 11 is 0. The summed E-state index contributed by atoms with van der Waals surface area (Å²) in [5.41, 5.74) is 1.11. The second kappa shape index (κ2) is 48.8. The highest BCUT2D eigenvalue weighted by Crippen LogP contribution is 1.85. The Kier molecular flexibility index (Phi) is 91.4. The van der Waals surface area contributed by atoms with Gasteiger partial charge in [0.25, 0.3) is 0 Å². The number of allylic oxidation sites excluding steroid dienone is 3. The van der Waals surface area contributed by atoms with Crippen molar-refractivity contribution in [2.24, 2.45) is 0 Å². The van der Waals surface area contributed by atoms with Gasteiger partial charge in [-0.2, -0.15) is 0 Å². The molecule has 0 nitrogen and oxygen atoms in total. The van der Waals surface area contributed by atoms with Crippen LogP contribution in [0, 0.1) is 0 Å². The fourth-order valence-corrected chi connectivity index (χ4v) is 0.285. The van der Waals surface area contributed by atoms with E-state index in [2.05, 4.69) is 19.7 Å². The molecular weight excluding hydrogens is 144 g/mol. The minimum absolute atomic E-state index is 1.11. The van der Waals surface area contributed by atoms with Crippen molar-refractivity contribution in [3.05, 3.63) is 37.5 Å². The average molecular weight is 170 g/mol. The molecule has 0 N–H and O–H groups in total. The Hall–Kier alpha value is -0.780. The summed E-state index contributed by atoms with van der Waals surface area (Å²) in [5.74, 6) is 0. The van der Waals surface area contributed by atoms with E-state index in [-0.39, 0.29) is 0 Å². The van der Waals surface area contributed by atoms with Crippen LogP contribution in [0.2, 0.25) is 0 Å². The molecule has 0 amide bonds. The summed E-state index contributed by atoms with van der Waals surface area (Å²) in [7, 11) is 0. The van der Waals surface area contributed by atoms with Gasteiger partial charge >= 0.3 is 0 Å². The zero-order valence-electron chi connectivity index (χ0n) is 9.78. The molecule has 0 aromatic rings. The van der Waals surface area contributed by atoms with E-state index in [0.29, 0.717) is 0 Å². The van der Waals surface area contributed by atoms with Crippen LogP contribution in [0.5, 0.6) is 0 Å². The van der Waals surface area contributed by atoms with E-state index in [0.717, 1.165) is 5.57 Å². The van der Waals surface area contributed by atoms with Crippen LogP contribution < -0.4 is 0 Å². The van der Waals surface area contributed by atoms with E-state index in [1.807, 2.05) is 53.7 Å². The summed E-state index contributed by atoms with van der Waals surface area (Å²) in [6.45, 7) is 21.6. The molecule has 0 heteroatoms. The molecule has 0 spiro atoms. The van der Waals surface area contributed by atoms with Gasteiger partial charge in [-0.3, -0.25) is 0 Å². The van der Waals surface area contributed by atoms with E-state index in [1.165, 1.54) is 0 Å². The van der Waals surface area contributed by atoms with Gasteiger partial charge in [-0.25, -0.2) is 0 Å². The van der Waals surface area contributed by atoms with Crippen LogP contribution in [0.4, 0.5) is 0 Å². The Balaban J connectivity index is -0.0000000453. The maximum atomic E-state index is 3.66. The van der Waals surface area contributed by atoms with Crippen LogP contribution >= 0.6 is 0 Å². The molecule has 0 heterocycles. The summed E-state index contributed by atoms with van der Waals surface area (Å²) in [6.07, 6.45) is 3.95. The Morgan fingerprint density at radius 3 is 1.25 bits per heavy atom. The maximum Gasteiger partial charge on any atom is -0.0404 e. The van der Waals surface area contributed by atoms with Crippen molar-refractivity contribution in [2.75, 3.05) is 0 Å². The first-order chi connectivity index (χ1) is 5.77. The lowest BCUT2D eigenvalue weighted by molar-refractivity contribution is 1.50. The van der Waals surface area contributed by atoms with Gasteiger partial charge in [-0.15, -0.1) is 13.2 Å². The largest absolute Gasteiger partial charge is 0.106 e. The van der Waals surface area contributed by atoms with Crippen LogP contribution in [0.15, 0.2) is 37.5 Å². The zero-order valence-corrected chi connectivity index (χ0v) is 9.78. The normalized spacial score (nSPS) is 6.17. The fraction of sp³-hybridized carbons (Fsp3) is 0.500. The van der Waals surface area contributed by atoms with E-state index < -0.39 is 0 Å². The molecule has 0 saturated heterocycles. The Labute approximate surface area is 79.7 Å². The van der Waals surface area contributed by atoms with Crippen LogP contribution in [0.3, 0.4) is 0 Å². The zero-order chi connectivity index (χ0) is 11.0. The Morgan fingerprint density at radius 2 is 1.25 bits per heavy atom. The molecule has 0 bridgehead atoms. The average Bonchev–Trinajstić information content (AvgIpc) is 2.14. The van der Waals surface area contributed by atoms with Crippen molar-refractivity contribution < 1.29 is 0 Å². The third kappa shape index (κ3) is 126. The highest BCUT2D eigenvalue weighted by Gasteiger charge is 1.63. The van der Waals surface area contributed by atoms with Gasteiger partial charge in [-0.1, -0.05) is 52.0 Å². The van der Waals surface area contributed by atoms with Crippen LogP contribution in [0.25, 0.3) is 0 Å². The Bertz CT molecular complexity index is 78.0. The third-order valence-corrected chi connectivity index (χ3v) is 0.451. The van der Waals surface area contributed by atoms with Crippen LogP contribution in [-0.2, 0) is 0 Å². The summed E-state index contributed by atoms with van der Waals surface area (Å²) in [4.78, 5) is 0. The highest BCUT2D eigenvalue weighted by atomic mass is 13.7. The van der Waals surface area contributed by atoms with Crippen LogP contribution in [0.1, 0.15) is 41.5 Å². The second-order valence-corrected chi connectivity index (χ2v) is 1.35. The molecule has 0 aliphatic rings. The molecule has 0 aliphatic heterocycles. The molecular formula is C12H26. The van der Waals surface area contributed by atoms with Crippen molar-refractivity contribution in [1.82, 2.24) is 0 Å². The summed E-state index contributed by atoms with van der Waals surface area (Å²) in [5, 5.41) is 0. The fourth-order valence-electron chi connectivity index (χ4n) is 0.285. The molecule has 12 heavy (non-hydrogen) atoms. The van der Waals surface area contributed by atoms with Crippen LogP contribution in [-0.4, -0.2) is 0 Å². The molecule has 0 radical (unpaired) electrons. The van der Waals surface area contributed by atoms with Gasteiger partial charge in [0.1, 0.15) is 0 Å². The minimum Gasteiger partial charge on any atom is -0.106 e. The molecule has 0 unspecified atom stereocenters. The van der Waals surface area contributed by atoms with Gasteiger partial charge in [0.2, 0.25) is 0 Å². The Morgan fingerprint density at radius 1 is 1.00 bits per heavy atom. The maximum absolute atomic E-state index is 3.66. The summed E-state index contributed by atoms with van der Waals surface area (Å²) in [6, 6.07) is 0. The van der Waals surface area contributed by atoms with Gasteiger partial charge in [0, 0.05) is 0 Å². The van der Waals surface area contributed by atoms with Gasteiger partial charge in [0.05, 0.1) is 0 Å². The smallest absolute Gasteiger partial charge is 0.0404 e. The monoisotopic (exact) mass is 170 g/mol. The molecule has 0 aromatic carbocycles. The standard InChI is InChI=1S/C6H10.2C2H6.C2H4/c1-4-5-6(2)3;3*1-2/h4-5H,2H2,1,3H3;2*1-2H3;1-2H2/b5-4-;;;. The first kappa shape index (κ1) is 22.5. The SMILES string of the molecule is C=C.C=C(C)/C=C\C.CC.CC. The van der Waals surface area contributed by atoms with E-state index >= 15 is 0 Å². The molecule has 74 valence electrons. The molecule has 0 atom stereocenters. The summed E-state index contributed by atoms with van der Waals surface area (Å²) < 4.78 is 0. The van der Waals surface area contributed by atoms with Crippen molar-refractivity contribution >= 4 is 0 Å². The second-order valence-electron chi connectivity index (χ2n) is 1.35. The third-order valence-electron chi connectivity index (χ3n) is 0.451. The number of hydrogen-bond acceptors (Lipinski definition) is 0. The van der Waals surface area contributed by atoms with Gasteiger partial charge < -0.3 is 0 Å².